The van der Waals surface area contributed by atoms with E-state index in [9.17, 15) is 17.9 Å². The van der Waals surface area contributed by atoms with Crippen LogP contribution < -0.4 is 9.88 Å². The Morgan fingerprint density at radius 1 is 1.29 bits per heavy atom. The van der Waals surface area contributed by atoms with E-state index in [0.29, 0.717) is 0 Å². The lowest BCUT2D eigenvalue weighted by Gasteiger charge is -2.25. The largest absolute Gasteiger partial charge is 0.457 e. The van der Waals surface area contributed by atoms with E-state index in [1.165, 1.54) is 30.7 Å². The Bertz CT molecular complexity index is 1150. The van der Waals surface area contributed by atoms with E-state index in [-0.39, 0.29) is 39.5 Å². The van der Waals surface area contributed by atoms with Crippen molar-refractivity contribution in [2.45, 2.75) is 23.2 Å². The quantitative estimate of drug-likeness (QED) is 0.802. The number of nitrogens with zero attached hydrogens (tertiary/aromatic N) is 1. The van der Waals surface area contributed by atoms with Crippen molar-refractivity contribution in [1.29, 1.82) is 5.26 Å². The molecule has 0 radical (unpaired) electrons. The second-order valence-corrected chi connectivity index (χ2v) is 7.80. The third-order valence-corrected chi connectivity index (χ3v) is 5.40. The molecule has 2 aliphatic rings. The Morgan fingerprint density at radius 2 is 2.00 bits per heavy atom. The monoisotopic (exact) mass is 404 g/mol. The molecule has 4 rings (SSSR count). The molecule has 1 aliphatic carbocycles. The zero-order valence-electron chi connectivity index (χ0n) is 14.1. The molecule has 0 saturated carbocycles. The molecule has 10 heteroatoms. The van der Waals surface area contributed by atoms with Crippen molar-refractivity contribution in [3.8, 4) is 17.6 Å². The minimum Gasteiger partial charge on any atom is -0.457 e. The first-order chi connectivity index (χ1) is 13.2. The number of ether oxygens (including phenoxy) is 3. The van der Waals surface area contributed by atoms with Gasteiger partial charge in [-0.1, -0.05) is 0 Å². The number of halogens is 1. The van der Waals surface area contributed by atoms with Crippen LogP contribution in [0.2, 0.25) is 0 Å². The van der Waals surface area contributed by atoms with Crippen LogP contribution in [-0.2, 0) is 25.3 Å². The fourth-order valence-corrected chi connectivity index (χ4v) is 4.23. The minimum absolute atomic E-state index is 0.00152. The average molecular weight is 404 g/mol. The number of hydrogen-bond acceptors (Lipinski definition) is 7. The van der Waals surface area contributed by atoms with Gasteiger partial charge in [0.15, 0.2) is 0 Å². The molecule has 0 amide bonds. The van der Waals surface area contributed by atoms with Gasteiger partial charge in [0.1, 0.15) is 29.8 Å². The lowest BCUT2D eigenvalue weighted by molar-refractivity contribution is -0.160. The summed E-state index contributed by atoms with van der Waals surface area (Å²) in [5, 5.41) is 24.9. The number of hydrogen-bond donors (Lipinski definition) is 2. The molecule has 1 aliphatic heterocycles. The number of aliphatic hydroxyl groups excluding tert-OH is 1. The van der Waals surface area contributed by atoms with Crippen LogP contribution in [-0.4, -0.2) is 13.5 Å². The number of nitrogens with two attached hydrogens (primary N) is 1. The summed E-state index contributed by atoms with van der Waals surface area (Å²) in [6, 6.07) is 7.70. The van der Waals surface area contributed by atoms with Crippen molar-refractivity contribution >= 4 is 10.0 Å². The molecule has 28 heavy (non-hydrogen) atoms. The van der Waals surface area contributed by atoms with Crippen LogP contribution >= 0.6 is 0 Å². The number of rotatable bonds is 3. The maximum Gasteiger partial charge on any atom is 0.281 e. The van der Waals surface area contributed by atoms with Crippen LogP contribution in [0, 0.1) is 17.1 Å². The molecule has 1 atom stereocenters. The second kappa shape index (κ2) is 6.20. The Labute approximate surface area is 159 Å². The highest BCUT2D eigenvalue weighted by molar-refractivity contribution is 7.89. The maximum absolute atomic E-state index is 13.7. The fourth-order valence-electron chi connectivity index (χ4n) is 3.42. The van der Waals surface area contributed by atoms with E-state index in [2.05, 4.69) is 0 Å². The zero-order valence-corrected chi connectivity index (χ0v) is 14.9. The molecule has 0 bridgehead atoms. The first-order valence-corrected chi connectivity index (χ1v) is 9.55. The molecule has 2 aromatic rings. The Kier molecular flexibility index (Phi) is 4.04. The molecule has 2 aromatic carbocycles. The average Bonchev–Trinajstić information content (AvgIpc) is 3.19. The standard InChI is InChI=1S/C18H13FN2O6S/c19-11-5-10(9-20)6-12(7-11)27-14-1-2-15(28(21,23)24)17-16(14)13(22)8-18(17)25-3-4-26-18/h1-7,13,22H,8H2,(H2,21,23,24). The number of primary sulfonamides is 1. The topological polar surface area (TPSA) is 132 Å². The fraction of sp³-hybridized carbons (Fsp3) is 0.167. The molecule has 0 fully saturated rings. The molecular weight excluding hydrogens is 391 g/mol. The van der Waals surface area contributed by atoms with Gasteiger partial charge in [-0.3, -0.25) is 0 Å². The van der Waals surface area contributed by atoms with Gasteiger partial charge in [0, 0.05) is 11.6 Å². The van der Waals surface area contributed by atoms with Crippen molar-refractivity contribution in [3.05, 3.63) is 65.4 Å². The van der Waals surface area contributed by atoms with Crippen molar-refractivity contribution in [1.82, 2.24) is 0 Å². The predicted molar refractivity (Wildman–Crippen MR) is 91.6 cm³/mol. The third-order valence-electron chi connectivity index (χ3n) is 4.45. The van der Waals surface area contributed by atoms with Gasteiger partial charge in [-0.15, -0.1) is 0 Å². The van der Waals surface area contributed by atoms with E-state index in [4.69, 9.17) is 24.6 Å². The normalized spacial score (nSPS) is 19.0. The van der Waals surface area contributed by atoms with Gasteiger partial charge in [0.2, 0.25) is 10.0 Å². The summed E-state index contributed by atoms with van der Waals surface area (Å²) < 4.78 is 54.4. The summed E-state index contributed by atoms with van der Waals surface area (Å²) in [5.74, 6) is -2.19. The zero-order chi connectivity index (χ0) is 20.1. The number of sulfonamides is 1. The lowest BCUT2D eigenvalue weighted by Crippen LogP contribution is -2.27. The third kappa shape index (κ3) is 2.86. The predicted octanol–water partition coefficient (Wildman–Crippen LogP) is 2.24. The molecule has 3 N–H and O–H groups in total. The molecular formula is C18H13FN2O6S. The number of nitriles is 1. The van der Waals surface area contributed by atoms with Crippen molar-refractivity contribution < 1.29 is 32.1 Å². The van der Waals surface area contributed by atoms with Gasteiger partial charge >= 0.3 is 0 Å². The smallest absolute Gasteiger partial charge is 0.281 e. The van der Waals surface area contributed by atoms with Gasteiger partial charge in [-0.2, -0.15) is 5.26 Å². The SMILES string of the molecule is N#Cc1cc(F)cc(Oc2ccc(S(N)(=O)=O)c3c2C(O)CC32OC=CO2)c1. The van der Waals surface area contributed by atoms with Crippen LogP contribution in [0.5, 0.6) is 11.5 Å². The van der Waals surface area contributed by atoms with Crippen LogP contribution in [0.25, 0.3) is 0 Å². The van der Waals surface area contributed by atoms with Gasteiger partial charge < -0.3 is 19.3 Å². The second-order valence-electron chi connectivity index (χ2n) is 6.27. The van der Waals surface area contributed by atoms with Gasteiger partial charge in [0.05, 0.1) is 34.6 Å². The summed E-state index contributed by atoms with van der Waals surface area (Å²) in [6.07, 6.45) is 1.16. The summed E-state index contributed by atoms with van der Waals surface area (Å²) in [4.78, 5) is -0.285. The number of fused-ring (bicyclic) bond motifs is 2. The maximum atomic E-state index is 13.7. The molecule has 1 heterocycles. The molecule has 1 unspecified atom stereocenters. The summed E-state index contributed by atoms with van der Waals surface area (Å²) in [6.45, 7) is 0. The van der Waals surface area contributed by atoms with Crippen molar-refractivity contribution in [3.63, 3.8) is 0 Å². The van der Waals surface area contributed by atoms with Crippen LogP contribution in [0.3, 0.4) is 0 Å². The van der Waals surface area contributed by atoms with Gasteiger partial charge in [-0.25, -0.2) is 17.9 Å². The number of aliphatic hydroxyl groups is 1. The van der Waals surface area contributed by atoms with Crippen molar-refractivity contribution in [2.24, 2.45) is 5.14 Å². The highest BCUT2D eigenvalue weighted by atomic mass is 32.2. The highest BCUT2D eigenvalue weighted by Gasteiger charge is 2.53. The highest BCUT2D eigenvalue weighted by Crippen LogP contribution is 2.54. The van der Waals surface area contributed by atoms with Gasteiger partial charge in [-0.05, 0) is 24.3 Å². The summed E-state index contributed by atoms with van der Waals surface area (Å²) >= 11 is 0. The molecule has 144 valence electrons. The van der Waals surface area contributed by atoms with E-state index in [1.807, 2.05) is 6.07 Å². The van der Waals surface area contributed by atoms with E-state index < -0.39 is 27.7 Å². The molecule has 0 saturated heterocycles. The first-order valence-electron chi connectivity index (χ1n) is 8.01. The Balaban J connectivity index is 1.89. The minimum atomic E-state index is -4.18. The van der Waals surface area contributed by atoms with Crippen LogP contribution in [0.1, 0.15) is 29.2 Å². The molecule has 0 aromatic heterocycles. The van der Waals surface area contributed by atoms with E-state index in [1.54, 1.807) is 0 Å². The summed E-state index contributed by atoms with van der Waals surface area (Å²) in [5.41, 5.74) is 0.149. The molecule has 1 spiro atoms. The van der Waals surface area contributed by atoms with Crippen molar-refractivity contribution in [2.75, 3.05) is 0 Å². The van der Waals surface area contributed by atoms with Crippen LogP contribution in [0.15, 0.2) is 47.8 Å². The molecule has 8 nitrogen and oxygen atoms in total. The van der Waals surface area contributed by atoms with Crippen LogP contribution in [0.4, 0.5) is 4.39 Å². The first kappa shape index (κ1) is 18.2. The lowest BCUT2D eigenvalue weighted by atomic mass is 10.1. The summed E-state index contributed by atoms with van der Waals surface area (Å²) in [7, 11) is -4.18. The van der Waals surface area contributed by atoms with Gasteiger partial charge in [0.25, 0.3) is 5.79 Å². The Hall–Kier alpha value is -3.13. The Morgan fingerprint density at radius 3 is 2.64 bits per heavy atom. The van der Waals surface area contributed by atoms with E-state index in [0.717, 1.165) is 12.1 Å². The van der Waals surface area contributed by atoms with E-state index >= 15 is 0 Å². The number of benzene rings is 2.